The molecule has 0 aromatic heterocycles. The maximum atomic E-state index is 11.9. The molecule has 14 heavy (non-hydrogen) atoms. The van der Waals surface area contributed by atoms with Crippen LogP contribution in [0.5, 0.6) is 0 Å². The van der Waals surface area contributed by atoms with Crippen molar-refractivity contribution < 1.29 is 4.79 Å². The van der Waals surface area contributed by atoms with Crippen molar-refractivity contribution in [2.45, 2.75) is 65.1 Å². The molecule has 0 spiro atoms. The molecule has 1 rings (SSSR count). The summed E-state index contributed by atoms with van der Waals surface area (Å²) in [6, 6.07) is 0.657. The van der Waals surface area contributed by atoms with Gasteiger partial charge in [0.2, 0.25) is 0 Å². The highest BCUT2D eigenvalue weighted by molar-refractivity contribution is 5.76. The largest absolute Gasteiger partial charge is 0.336 e. The van der Waals surface area contributed by atoms with Crippen LogP contribution >= 0.6 is 0 Å². The molecule has 0 aliphatic carbocycles. The first-order valence-corrected chi connectivity index (χ1v) is 5.44. The van der Waals surface area contributed by atoms with Crippen LogP contribution in [0.15, 0.2) is 0 Å². The van der Waals surface area contributed by atoms with E-state index in [1.807, 2.05) is 18.7 Å². The molecule has 3 nitrogen and oxygen atoms in total. The van der Waals surface area contributed by atoms with Crippen molar-refractivity contribution in [3.63, 3.8) is 0 Å². The van der Waals surface area contributed by atoms with E-state index >= 15 is 0 Å². The van der Waals surface area contributed by atoms with Gasteiger partial charge in [0.05, 0.1) is 0 Å². The lowest BCUT2D eigenvalue weighted by molar-refractivity contribution is 0.143. The van der Waals surface area contributed by atoms with Crippen molar-refractivity contribution in [2.24, 2.45) is 0 Å². The highest BCUT2D eigenvalue weighted by Crippen LogP contribution is 2.32. The molecule has 1 aliphatic rings. The van der Waals surface area contributed by atoms with Crippen LogP contribution in [-0.4, -0.2) is 28.6 Å². The van der Waals surface area contributed by atoms with Gasteiger partial charge in [-0.15, -0.1) is 0 Å². The molecular weight excluding hydrogens is 176 g/mol. The fourth-order valence-electron chi connectivity index (χ4n) is 2.20. The summed E-state index contributed by atoms with van der Waals surface area (Å²) in [6.07, 6.45) is 2.21. The van der Waals surface area contributed by atoms with Gasteiger partial charge in [0.25, 0.3) is 0 Å². The van der Waals surface area contributed by atoms with E-state index in [0.717, 1.165) is 12.8 Å². The summed E-state index contributed by atoms with van der Waals surface area (Å²) in [5.74, 6) is 0. The summed E-state index contributed by atoms with van der Waals surface area (Å²) in [5, 5.41) is 2.96. The van der Waals surface area contributed by atoms with Crippen molar-refractivity contribution in [2.75, 3.05) is 0 Å². The van der Waals surface area contributed by atoms with E-state index in [0.29, 0.717) is 6.04 Å². The Labute approximate surface area is 86.9 Å². The fourth-order valence-corrected chi connectivity index (χ4v) is 2.20. The van der Waals surface area contributed by atoms with Crippen LogP contribution < -0.4 is 5.32 Å². The number of amides is 2. The molecule has 3 heteroatoms. The molecule has 1 aliphatic heterocycles. The number of carbonyl (C=O) groups is 1. The van der Waals surface area contributed by atoms with Crippen molar-refractivity contribution in [3.8, 4) is 0 Å². The van der Waals surface area contributed by atoms with E-state index in [1.165, 1.54) is 0 Å². The zero-order chi connectivity index (χ0) is 10.9. The summed E-state index contributed by atoms with van der Waals surface area (Å²) in [6.45, 7) is 10.4. The van der Waals surface area contributed by atoms with Crippen molar-refractivity contribution in [1.82, 2.24) is 10.2 Å². The number of likely N-dealkylation sites (tertiary alicyclic amines) is 1. The predicted molar refractivity (Wildman–Crippen MR) is 58.3 cm³/mol. The summed E-state index contributed by atoms with van der Waals surface area (Å²) in [5.41, 5.74) is 0.0123. The van der Waals surface area contributed by atoms with Gasteiger partial charge in [-0.1, -0.05) is 0 Å². The van der Waals surface area contributed by atoms with Crippen LogP contribution in [0.3, 0.4) is 0 Å². The molecule has 1 heterocycles. The number of rotatable bonds is 1. The Bertz CT molecular complexity index is 223. The predicted octanol–water partition coefficient (Wildman–Crippen LogP) is 2.37. The topological polar surface area (TPSA) is 32.3 Å². The number of nitrogens with zero attached hydrogens (tertiary/aromatic N) is 1. The number of urea groups is 1. The lowest BCUT2D eigenvalue weighted by atomic mass is 10.0. The number of nitrogens with one attached hydrogen (secondary N) is 1. The first kappa shape index (κ1) is 11.3. The summed E-state index contributed by atoms with van der Waals surface area (Å²) >= 11 is 0. The normalized spacial score (nSPS) is 25.6. The molecule has 1 N–H and O–H groups in total. The lowest BCUT2D eigenvalue weighted by Gasteiger charge is -2.35. The maximum Gasteiger partial charge on any atom is 0.318 e. The molecule has 0 aromatic rings. The Morgan fingerprint density at radius 2 is 2.07 bits per heavy atom. The minimum absolute atomic E-state index is 0.0123. The monoisotopic (exact) mass is 198 g/mol. The highest BCUT2D eigenvalue weighted by Gasteiger charge is 2.40. The van der Waals surface area contributed by atoms with Gasteiger partial charge < -0.3 is 10.2 Å². The second-order valence-corrected chi connectivity index (χ2v) is 5.17. The van der Waals surface area contributed by atoms with Crippen LogP contribution in [-0.2, 0) is 0 Å². The molecule has 1 fully saturated rings. The molecule has 1 atom stereocenters. The molecule has 2 amide bonds. The SMILES string of the molecule is CC(C)NC(=O)N1[C@@H](C)CCC1(C)C. The highest BCUT2D eigenvalue weighted by atomic mass is 16.2. The van der Waals surface area contributed by atoms with E-state index < -0.39 is 0 Å². The second-order valence-electron chi connectivity index (χ2n) is 5.17. The smallest absolute Gasteiger partial charge is 0.318 e. The maximum absolute atomic E-state index is 11.9. The Morgan fingerprint density at radius 1 is 1.50 bits per heavy atom. The van der Waals surface area contributed by atoms with Crippen molar-refractivity contribution >= 4 is 6.03 Å². The Morgan fingerprint density at radius 3 is 2.43 bits per heavy atom. The minimum Gasteiger partial charge on any atom is -0.336 e. The standard InChI is InChI=1S/C11H22N2O/c1-8(2)12-10(14)13-9(3)6-7-11(13,4)5/h8-9H,6-7H2,1-5H3,(H,12,14)/t9-/m0/s1. The van der Waals surface area contributed by atoms with Gasteiger partial charge >= 0.3 is 6.03 Å². The van der Waals surface area contributed by atoms with Crippen LogP contribution in [0.25, 0.3) is 0 Å². The molecule has 0 radical (unpaired) electrons. The summed E-state index contributed by atoms with van der Waals surface area (Å²) < 4.78 is 0. The number of hydrogen-bond acceptors (Lipinski definition) is 1. The van der Waals surface area contributed by atoms with Gasteiger partial charge in [-0.3, -0.25) is 0 Å². The lowest BCUT2D eigenvalue weighted by Crippen LogP contribution is -2.52. The molecule has 0 bridgehead atoms. The van der Waals surface area contributed by atoms with E-state index in [4.69, 9.17) is 0 Å². The van der Waals surface area contributed by atoms with Gasteiger partial charge in [-0.2, -0.15) is 0 Å². The van der Waals surface area contributed by atoms with Crippen LogP contribution in [0.4, 0.5) is 4.79 Å². The molecule has 0 unspecified atom stereocenters. The van der Waals surface area contributed by atoms with Gasteiger partial charge in [0.1, 0.15) is 0 Å². The number of carbonyl (C=O) groups excluding carboxylic acids is 1. The van der Waals surface area contributed by atoms with Crippen molar-refractivity contribution in [1.29, 1.82) is 0 Å². The number of hydrogen-bond donors (Lipinski definition) is 1. The molecule has 82 valence electrons. The molecular formula is C11H22N2O. The molecule has 0 saturated carbocycles. The first-order chi connectivity index (χ1) is 6.34. The third-order valence-electron chi connectivity index (χ3n) is 2.90. The quantitative estimate of drug-likeness (QED) is 0.689. The van der Waals surface area contributed by atoms with Crippen molar-refractivity contribution in [3.05, 3.63) is 0 Å². The average molecular weight is 198 g/mol. The zero-order valence-electron chi connectivity index (χ0n) is 9.92. The van der Waals surface area contributed by atoms with E-state index in [2.05, 4.69) is 26.1 Å². The Balaban J connectivity index is 2.69. The van der Waals surface area contributed by atoms with E-state index in [1.54, 1.807) is 0 Å². The minimum atomic E-state index is 0.0123. The van der Waals surface area contributed by atoms with E-state index in [-0.39, 0.29) is 17.6 Å². The third-order valence-corrected chi connectivity index (χ3v) is 2.90. The van der Waals surface area contributed by atoms with Gasteiger partial charge in [0, 0.05) is 17.6 Å². The Hall–Kier alpha value is -0.730. The van der Waals surface area contributed by atoms with Gasteiger partial charge in [-0.05, 0) is 47.5 Å². The van der Waals surface area contributed by atoms with Crippen LogP contribution in [0.1, 0.15) is 47.5 Å². The second kappa shape index (κ2) is 3.79. The van der Waals surface area contributed by atoms with E-state index in [9.17, 15) is 4.79 Å². The molecule has 0 aromatic carbocycles. The zero-order valence-corrected chi connectivity index (χ0v) is 9.92. The Kier molecular flexibility index (Phi) is 3.07. The summed E-state index contributed by atoms with van der Waals surface area (Å²) in [7, 11) is 0. The van der Waals surface area contributed by atoms with Crippen LogP contribution in [0.2, 0.25) is 0 Å². The summed E-state index contributed by atoms with van der Waals surface area (Å²) in [4.78, 5) is 13.9. The fraction of sp³-hybridized carbons (Fsp3) is 0.909. The third kappa shape index (κ3) is 2.20. The van der Waals surface area contributed by atoms with Crippen LogP contribution in [0, 0.1) is 0 Å². The van der Waals surface area contributed by atoms with Gasteiger partial charge in [-0.25, -0.2) is 4.79 Å². The average Bonchev–Trinajstić information content (AvgIpc) is 2.24. The first-order valence-electron chi connectivity index (χ1n) is 5.44. The molecule has 1 saturated heterocycles. The van der Waals surface area contributed by atoms with Gasteiger partial charge in [0.15, 0.2) is 0 Å².